The predicted octanol–water partition coefficient (Wildman–Crippen LogP) is 5.66. The molecule has 8 heterocycles. The smallest absolute Gasteiger partial charge is 0.313 e. The zero-order valence-electron chi connectivity index (χ0n) is 30.3. The van der Waals surface area contributed by atoms with Crippen molar-refractivity contribution in [3.63, 3.8) is 0 Å². The molecule has 0 aliphatic heterocycles. The van der Waals surface area contributed by atoms with Crippen LogP contribution in [-0.4, -0.2) is 72.7 Å². The number of pyridine rings is 3. The highest BCUT2D eigenvalue weighted by Gasteiger charge is 2.13. The van der Waals surface area contributed by atoms with Crippen LogP contribution in [0.1, 0.15) is 40.9 Å². The molecular weight excluding hydrogens is 724 g/mol. The summed E-state index contributed by atoms with van der Waals surface area (Å²) >= 11 is 6.16. The van der Waals surface area contributed by atoms with E-state index in [0.29, 0.717) is 33.7 Å². The van der Waals surface area contributed by atoms with Crippen molar-refractivity contribution in [2.24, 2.45) is 0 Å². The normalized spacial score (nSPS) is 10.3. The van der Waals surface area contributed by atoms with Gasteiger partial charge in [-0.05, 0) is 64.1 Å². The molecule has 16 nitrogen and oxygen atoms in total. The van der Waals surface area contributed by atoms with Crippen LogP contribution in [0.3, 0.4) is 0 Å². The zero-order valence-corrected chi connectivity index (χ0v) is 31.1. The first-order chi connectivity index (χ1) is 26.5. The van der Waals surface area contributed by atoms with Crippen molar-refractivity contribution in [1.82, 2.24) is 54.3 Å². The number of Topliss-reactive ketones (excluding diaryl/α,β-unsaturated/α-hetero) is 1. The zero-order chi connectivity index (χ0) is 39.3. The molecule has 0 fully saturated rings. The maximum Gasteiger partial charge on any atom is 0.313 e. The molecule has 55 heavy (non-hydrogen) atoms. The summed E-state index contributed by atoms with van der Waals surface area (Å²) in [6, 6.07) is 24.9. The summed E-state index contributed by atoms with van der Waals surface area (Å²) in [6.45, 7) is 7.68. The number of H-pyrrole nitrogens is 2. The average molecular weight is 761 g/mol. The number of halogens is 1. The van der Waals surface area contributed by atoms with E-state index in [1.54, 1.807) is 54.2 Å². The van der Waals surface area contributed by atoms with E-state index in [4.69, 9.17) is 17.3 Å². The first-order valence-electron chi connectivity index (χ1n) is 16.8. The number of esters is 1. The number of ether oxygens (including phenoxy) is 1. The monoisotopic (exact) mass is 760 g/mol. The molecule has 0 radical (unpaired) electrons. The number of rotatable bonds is 6. The third-order valence-corrected chi connectivity index (χ3v) is 7.49. The summed E-state index contributed by atoms with van der Waals surface area (Å²) in [6.07, 6.45) is 4.68. The molecule has 8 rings (SSSR count). The van der Waals surface area contributed by atoms with E-state index < -0.39 is 5.97 Å². The maximum atomic E-state index is 11.9. The van der Waals surface area contributed by atoms with Gasteiger partial charge in [0.15, 0.2) is 17.1 Å². The molecule has 17 heteroatoms. The van der Waals surface area contributed by atoms with Crippen molar-refractivity contribution in [1.29, 1.82) is 0 Å². The van der Waals surface area contributed by atoms with Crippen molar-refractivity contribution < 1.29 is 14.3 Å². The topological polar surface area (TPSA) is 217 Å². The van der Waals surface area contributed by atoms with Crippen LogP contribution in [0, 0.1) is 20.8 Å². The molecular formula is C38H37ClN12O4. The van der Waals surface area contributed by atoms with Crippen LogP contribution in [-0.2, 0) is 9.53 Å². The van der Waals surface area contributed by atoms with Crippen molar-refractivity contribution in [2.45, 2.75) is 34.1 Å². The van der Waals surface area contributed by atoms with E-state index in [0.717, 1.165) is 34.1 Å². The van der Waals surface area contributed by atoms with Gasteiger partial charge in [-0.15, -0.1) is 0 Å². The number of aromatic nitrogens is 11. The third kappa shape index (κ3) is 11.0. The molecule has 0 aromatic carbocycles. The summed E-state index contributed by atoms with van der Waals surface area (Å²) in [4.78, 5) is 55.3. The van der Waals surface area contributed by atoms with Crippen LogP contribution in [0.4, 0.5) is 5.82 Å². The van der Waals surface area contributed by atoms with Gasteiger partial charge >= 0.3 is 5.97 Å². The van der Waals surface area contributed by atoms with Gasteiger partial charge in [0.2, 0.25) is 0 Å². The molecule has 0 unspecified atom stereocenters. The molecule has 0 saturated carbocycles. The lowest BCUT2D eigenvalue weighted by atomic mass is 10.2. The Bertz CT molecular complexity index is 2540. The molecule has 8 aromatic rings. The highest BCUT2D eigenvalue weighted by atomic mass is 35.5. The van der Waals surface area contributed by atoms with Crippen LogP contribution < -0.4 is 11.3 Å². The Morgan fingerprint density at radius 3 is 1.96 bits per heavy atom. The van der Waals surface area contributed by atoms with Crippen LogP contribution >= 0.6 is 11.6 Å². The Hall–Kier alpha value is -7.07. The van der Waals surface area contributed by atoms with E-state index in [1.807, 2.05) is 69.3 Å². The average Bonchev–Trinajstić information content (AvgIpc) is 3.89. The van der Waals surface area contributed by atoms with E-state index in [-0.39, 0.29) is 24.4 Å². The molecule has 0 spiro atoms. The molecule has 0 aliphatic rings. The minimum atomic E-state index is -0.511. The minimum absolute atomic E-state index is 0.135. The van der Waals surface area contributed by atoms with Gasteiger partial charge in [-0.1, -0.05) is 29.8 Å². The van der Waals surface area contributed by atoms with Gasteiger partial charge in [0.25, 0.3) is 5.56 Å². The number of nitrogen functional groups attached to an aromatic ring is 1. The second kappa shape index (κ2) is 18.6. The number of hydrogen-bond donors (Lipinski definition) is 3. The quantitative estimate of drug-likeness (QED) is 0.0809. The Morgan fingerprint density at radius 1 is 0.782 bits per heavy atom. The Labute approximate surface area is 319 Å². The Morgan fingerprint density at radius 2 is 1.42 bits per heavy atom. The number of carbonyl (C=O) groups is 2. The molecule has 280 valence electrons. The Kier molecular flexibility index (Phi) is 13.2. The fourth-order valence-corrected chi connectivity index (χ4v) is 5.08. The second-order valence-electron chi connectivity index (χ2n) is 11.7. The first kappa shape index (κ1) is 39.1. The van der Waals surface area contributed by atoms with Gasteiger partial charge in [-0.3, -0.25) is 39.5 Å². The van der Waals surface area contributed by atoms with Crippen molar-refractivity contribution >= 4 is 40.5 Å². The molecule has 0 saturated heterocycles. The Balaban J connectivity index is 0.000000146. The largest absolute Gasteiger partial charge is 0.466 e. The molecule has 4 N–H and O–H groups in total. The van der Waals surface area contributed by atoms with Crippen LogP contribution in [0.15, 0.2) is 108 Å². The van der Waals surface area contributed by atoms with Crippen molar-refractivity contribution in [2.75, 3.05) is 12.3 Å². The summed E-state index contributed by atoms with van der Waals surface area (Å²) in [5.41, 5.74) is 12.4. The second-order valence-corrected chi connectivity index (χ2v) is 12.0. The van der Waals surface area contributed by atoms with Gasteiger partial charge in [0, 0.05) is 60.3 Å². The number of carbonyl (C=O) groups excluding carboxylic acids is 2. The highest BCUT2D eigenvalue weighted by Crippen LogP contribution is 2.21. The number of nitrogens with one attached hydrogen (secondary N) is 2. The number of ketones is 1. The maximum absolute atomic E-state index is 11.9. The van der Waals surface area contributed by atoms with E-state index in [1.165, 1.54) is 16.8 Å². The minimum Gasteiger partial charge on any atom is -0.466 e. The molecule has 0 bridgehead atoms. The molecule has 8 aromatic heterocycles. The van der Waals surface area contributed by atoms with Gasteiger partial charge < -0.3 is 10.5 Å². The number of fused-ring (bicyclic) bond motifs is 2. The molecule has 0 atom stereocenters. The van der Waals surface area contributed by atoms with Gasteiger partial charge in [0.1, 0.15) is 23.1 Å². The number of aromatic amines is 2. The number of anilines is 1. The highest BCUT2D eigenvalue weighted by molar-refractivity contribution is 6.30. The standard InChI is InChI=1S/C12H9ClN4.C12H10N4O.C10H11NO3.C4H7N3/c1-8-6-12-15-10(7-11(13)17(12)16-8)9-4-2-3-5-14-9;1-8-6-11-14-10(7-12(17)16(11)15-8)9-4-2-3-5-13-9;1-2-14-10(13)7-9(12)8-5-3-4-6-11-8;1-3-2-4(5)7-6-3/h2-7H,1H3;2-7,15H,1H3;3-6H,2,7H2,1H3;2H,1H3,(H3,5,6,7). The number of nitrogens with zero attached hydrogens (tertiary/aromatic N) is 9. The van der Waals surface area contributed by atoms with E-state index >= 15 is 0 Å². The third-order valence-electron chi connectivity index (χ3n) is 7.23. The number of hydrogen-bond acceptors (Lipinski definition) is 12. The summed E-state index contributed by atoms with van der Waals surface area (Å²) in [5, 5.41) is 14.1. The number of nitrogens with two attached hydrogens (primary N) is 1. The SMILES string of the molecule is CCOC(=O)CC(=O)c1ccccn1.Cc1cc(N)n[nH]1.Cc1cc2nc(-c3ccccn3)cc(=O)n2[nH]1.Cc1cc2nc(-c3ccccn3)cc(Cl)n2n1. The lowest BCUT2D eigenvalue weighted by molar-refractivity contribution is -0.141. The first-order valence-corrected chi connectivity index (χ1v) is 17.2. The fourth-order valence-electron chi connectivity index (χ4n) is 4.86. The molecule has 0 amide bonds. The molecule has 0 aliphatic carbocycles. The van der Waals surface area contributed by atoms with Crippen molar-refractivity contribution in [3.05, 3.63) is 142 Å². The van der Waals surface area contributed by atoms with Crippen LogP contribution in [0.5, 0.6) is 0 Å². The van der Waals surface area contributed by atoms with Crippen LogP contribution in [0.25, 0.3) is 34.1 Å². The summed E-state index contributed by atoms with van der Waals surface area (Å²) in [7, 11) is 0. The lowest BCUT2D eigenvalue weighted by Crippen LogP contribution is -2.14. The van der Waals surface area contributed by atoms with Gasteiger partial charge in [0.05, 0.1) is 35.1 Å². The number of aryl methyl sites for hydroxylation is 3. The van der Waals surface area contributed by atoms with Gasteiger partial charge in [-0.2, -0.15) is 10.2 Å². The van der Waals surface area contributed by atoms with Crippen molar-refractivity contribution in [3.8, 4) is 22.8 Å². The lowest BCUT2D eigenvalue weighted by Gasteiger charge is -2.02. The summed E-state index contributed by atoms with van der Waals surface area (Å²) < 4.78 is 7.68. The fraction of sp³-hybridized carbons (Fsp3) is 0.158. The van der Waals surface area contributed by atoms with Crippen LogP contribution in [0.2, 0.25) is 5.15 Å². The van der Waals surface area contributed by atoms with E-state index in [2.05, 4.69) is 50.1 Å². The van der Waals surface area contributed by atoms with E-state index in [9.17, 15) is 14.4 Å². The predicted molar refractivity (Wildman–Crippen MR) is 207 cm³/mol. The van der Waals surface area contributed by atoms with Gasteiger partial charge in [-0.25, -0.2) is 19.0 Å². The summed E-state index contributed by atoms with van der Waals surface area (Å²) in [5.74, 6) is -0.273.